The lowest BCUT2D eigenvalue weighted by Crippen LogP contribution is -2.03. The summed E-state index contributed by atoms with van der Waals surface area (Å²) in [6.07, 6.45) is 8.39. The van der Waals surface area contributed by atoms with Gasteiger partial charge < -0.3 is 5.32 Å². The van der Waals surface area contributed by atoms with Crippen LogP contribution in [0.15, 0.2) is 18.2 Å². The van der Waals surface area contributed by atoms with Gasteiger partial charge in [0.2, 0.25) is 0 Å². The maximum Gasteiger partial charge on any atom is 0.183 e. The van der Waals surface area contributed by atoms with Crippen LogP contribution in [-0.4, -0.2) is 11.5 Å². The molecule has 2 aromatic rings. The van der Waals surface area contributed by atoms with Crippen LogP contribution in [0.4, 0.5) is 5.13 Å². The molecule has 1 fully saturated rings. The molecular weight excluding hydrogens is 276 g/mol. The molecule has 1 aromatic carbocycles. The maximum absolute atomic E-state index is 5.97. The van der Waals surface area contributed by atoms with Gasteiger partial charge in [-0.1, -0.05) is 48.6 Å². The minimum atomic E-state index is 0.755. The molecule has 0 radical (unpaired) electrons. The number of hydrogen-bond acceptors (Lipinski definition) is 3. The topological polar surface area (TPSA) is 24.9 Å². The molecule has 0 spiro atoms. The Morgan fingerprint density at radius 1 is 1.32 bits per heavy atom. The average molecular weight is 295 g/mol. The van der Waals surface area contributed by atoms with Crippen LogP contribution in [0.2, 0.25) is 5.02 Å². The molecule has 0 bridgehead atoms. The highest BCUT2D eigenvalue weighted by Crippen LogP contribution is 2.30. The zero-order chi connectivity index (χ0) is 13.1. The molecule has 1 N–H and O–H groups in total. The Balaban J connectivity index is 1.50. The molecule has 1 aromatic heterocycles. The number of fused-ring (bicyclic) bond motifs is 1. The van der Waals surface area contributed by atoms with Crippen molar-refractivity contribution in [2.24, 2.45) is 5.92 Å². The molecule has 1 saturated carbocycles. The third-order valence-electron chi connectivity index (χ3n) is 3.89. The zero-order valence-corrected chi connectivity index (χ0v) is 12.6. The normalized spacial score (nSPS) is 16.3. The zero-order valence-electron chi connectivity index (χ0n) is 11.0. The molecule has 0 unspecified atom stereocenters. The SMILES string of the molecule is Clc1ccc2sc(NCCCC3CCCC3)nc2c1. The number of hydrogen-bond donors (Lipinski definition) is 1. The summed E-state index contributed by atoms with van der Waals surface area (Å²) in [5.41, 5.74) is 0.996. The molecule has 1 aliphatic carbocycles. The number of benzene rings is 1. The second-order valence-electron chi connectivity index (χ2n) is 5.35. The molecule has 1 aliphatic rings. The first-order chi connectivity index (χ1) is 9.31. The van der Waals surface area contributed by atoms with Gasteiger partial charge in [0, 0.05) is 11.6 Å². The molecule has 0 atom stereocenters. The Morgan fingerprint density at radius 3 is 3.00 bits per heavy atom. The fourth-order valence-electron chi connectivity index (χ4n) is 2.86. The fourth-order valence-corrected chi connectivity index (χ4v) is 3.90. The molecule has 1 heterocycles. The van der Waals surface area contributed by atoms with Crippen LogP contribution in [0.3, 0.4) is 0 Å². The van der Waals surface area contributed by atoms with Crippen molar-refractivity contribution in [2.75, 3.05) is 11.9 Å². The number of anilines is 1. The van der Waals surface area contributed by atoms with Crippen molar-refractivity contribution in [3.05, 3.63) is 23.2 Å². The number of nitrogens with one attached hydrogen (secondary N) is 1. The van der Waals surface area contributed by atoms with Gasteiger partial charge in [0.1, 0.15) is 0 Å². The van der Waals surface area contributed by atoms with Crippen molar-refractivity contribution < 1.29 is 0 Å². The first-order valence-corrected chi connectivity index (χ1v) is 8.31. The van der Waals surface area contributed by atoms with Crippen LogP contribution >= 0.6 is 22.9 Å². The molecule has 0 aliphatic heterocycles. The van der Waals surface area contributed by atoms with E-state index in [1.54, 1.807) is 11.3 Å². The van der Waals surface area contributed by atoms with E-state index >= 15 is 0 Å². The van der Waals surface area contributed by atoms with E-state index in [2.05, 4.69) is 10.3 Å². The van der Waals surface area contributed by atoms with Crippen molar-refractivity contribution in [1.82, 2.24) is 4.98 Å². The van der Waals surface area contributed by atoms with Gasteiger partial charge >= 0.3 is 0 Å². The molecule has 0 amide bonds. The molecule has 2 nitrogen and oxygen atoms in total. The van der Waals surface area contributed by atoms with Gasteiger partial charge in [-0.05, 0) is 37.0 Å². The first-order valence-electron chi connectivity index (χ1n) is 7.11. The van der Waals surface area contributed by atoms with Crippen LogP contribution in [0.1, 0.15) is 38.5 Å². The van der Waals surface area contributed by atoms with E-state index < -0.39 is 0 Å². The van der Waals surface area contributed by atoms with E-state index in [1.807, 2.05) is 18.2 Å². The summed E-state index contributed by atoms with van der Waals surface area (Å²) in [7, 11) is 0. The Morgan fingerprint density at radius 2 is 2.16 bits per heavy atom. The highest BCUT2D eigenvalue weighted by Gasteiger charge is 2.14. The molecule has 102 valence electrons. The predicted molar refractivity (Wildman–Crippen MR) is 84.3 cm³/mol. The maximum atomic E-state index is 5.97. The Bertz CT molecular complexity index is 546. The van der Waals surface area contributed by atoms with Crippen molar-refractivity contribution in [2.45, 2.75) is 38.5 Å². The summed E-state index contributed by atoms with van der Waals surface area (Å²) in [6.45, 7) is 1.03. The molecule has 0 saturated heterocycles. The fraction of sp³-hybridized carbons (Fsp3) is 0.533. The van der Waals surface area contributed by atoms with Crippen molar-refractivity contribution in [1.29, 1.82) is 0 Å². The van der Waals surface area contributed by atoms with Crippen LogP contribution in [0, 0.1) is 5.92 Å². The van der Waals surface area contributed by atoms with Crippen molar-refractivity contribution in [3.63, 3.8) is 0 Å². The van der Waals surface area contributed by atoms with E-state index in [0.717, 1.165) is 28.1 Å². The van der Waals surface area contributed by atoms with E-state index in [0.29, 0.717) is 0 Å². The minimum Gasteiger partial charge on any atom is -0.361 e. The van der Waals surface area contributed by atoms with Gasteiger partial charge in [0.15, 0.2) is 5.13 Å². The third kappa shape index (κ3) is 3.40. The summed E-state index contributed by atoms with van der Waals surface area (Å²) < 4.78 is 1.20. The summed E-state index contributed by atoms with van der Waals surface area (Å²) in [5.74, 6) is 0.982. The smallest absolute Gasteiger partial charge is 0.183 e. The van der Waals surface area contributed by atoms with E-state index in [9.17, 15) is 0 Å². The lowest BCUT2D eigenvalue weighted by atomic mass is 10.0. The van der Waals surface area contributed by atoms with Crippen LogP contribution in [-0.2, 0) is 0 Å². The van der Waals surface area contributed by atoms with Crippen molar-refractivity contribution >= 4 is 38.3 Å². The van der Waals surface area contributed by atoms with Crippen LogP contribution < -0.4 is 5.32 Å². The number of halogens is 1. The number of rotatable bonds is 5. The predicted octanol–water partition coefficient (Wildman–Crippen LogP) is 5.33. The van der Waals surface area contributed by atoms with Gasteiger partial charge in [-0.25, -0.2) is 4.98 Å². The van der Waals surface area contributed by atoms with Crippen LogP contribution in [0.5, 0.6) is 0 Å². The first kappa shape index (κ1) is 13.2. The van der Waals surface area contributed by atoms with Gasteiger partial charge in [-0.3, -0.25) is 0 Å². The Kier molecular flexibility index (Phi) is 4.24. The number of aromatic nitrogens is 1. The van der Waals surface area contributed by atoms with Gasteiger partial charge in [-0.2, -0.15) is 0 Å². The number of thiazole rings is 1. The molecular formula is C15H19ClN2S. The van der Waals surface area contributed by atoms with Crippen molar-refractivity contribution in [3.8, 4) is 0 Å². The second kappa shape index (κ2) is 6.10. The van der Waals surface area contributed by atoms with E-state index in [-0.39, 0.29) is 0 Å². The van der Waals surface area contributed by atoms with Gasteiger partial charge in [0.25, 0.3) is 0 Å². The third-order valence-corrected chi connectivity index (χ3v) is 5.12. The van der Waals surface area contributed by atoms with E-state index in [1.165, 1.54) is 43.2 Å². The van der Waals surface area contributed by atoms with Crippen LogP contribution in [0.25, 0.3) is 10.2 Å². The highest BCUT2D eigenvalue weighted by atomic mass is 35.5. The standard InChI is InChI=1S/C15H19ClN2S/c16-12-7-8-14-13(10-12)18-15(19-14)17-9-3-6-11-4-1-2-5-11/h7-8,10-11H,1-6,9H2,(H,17,18). The Labute approximate surface area is 123 Å². The quantitative estimate of drug-likeness (QED) is 0.754. The Hall–Kier alpha value is -0.800. The summed E-state index contributed by atoms with van der Waals surface area (Å²) in [5, 5.41) is 5.21. The lowest BCUT2D eigenvalue weighted by Gasteiger charge is -2.08. The van der Waals surface area contributed by atoms with Gasteiger partial charge in [0.05, 0.1) is 10.2 Å². The summed E-state index contributed by atoms with van der Waals surface area (Å²) in [6, 6.07) is 5.89. The molecule has 3 rings (SSSR count). The molecule has 4 heteroatoms. The largest absolute Gasteiger partial charge is 0.361 e. The monoisotopic (exact) mass is 294 g/mol. The molecule has 19 heavy (non-hydrogen) atoms. The summed E-state index contributed by atoms with van der Waals surface area (Å²) in [4.78, 5) is 4.57. The highest BCUT2D eigenvalue weighted by molar-refractivity contribution is 7.22. The lowest BCUT2D eigenvalue weighted by molar-refractivity contribution is 0.491. The number of nitrogens with zero attached hydrogens (tertiary/aromatic N) is 1. The second-order valence-corrected chi connectivity index (χ2v) is 6.82. The summed E-state index contributed by atoms with van der Waals surface area (Å²) >= 11 is 7.68. The van der Waals surface area contributed by atoms with Gasteiger partial charge in [-0.15, -0.1) is 0 Å². The minimum absolute atomic E-state index is 0.755. The van der Waals surface area contributed by atoms with E-state index in [4.69, 9.17) is 11.6 Å². The average Bonchev–Trinajstić information content (AvgIpc) is 3.02.